The number of unbranched alkanes of at least 4 members (excludes halogenated alkanes) is 1. The number of amides is 3. The van der Waals surface area contributed by atoms with Crippen molar-refractivity contribution >= 4 is 29.2 Å². The van der Waals surface area contributed by atoms with E-state index in [9.17, 15) is 14.4 Å². The molecule has 0 saturated carbocycles. The van der Waals surface area contributed by atoms with Crippen LogP contribution in [0.25, 0.3) is 17.0 Å². The van der Waals surface area contributed by atoms with Gasteiger partial charge in [0.15, 0.2) is 0 Å². The maximum Gasteiger partial charge on any atom is 0.261 e. The van der Waals surface area contributed by atoms with E-state index in [1.165, 1.54) is 11.0 Å². The Morgan fingerprint density at radius 2 is 1.82 bits per heavy atom. The van der Waals surface area contributed by atoms with Crippen molar-refractivity contribution < 1.29 is 14.4 Å². The molecule has 0 saturated heterocycles. The number of hydrogen-bond acceptors (Lipinski definition) is 5. The number of nitrogens with zero attached hydrogens (tertiary/aromatic N) is 4. The zero-order chi connectivity index (χ0) is 22.9. The molecule has 1 N–H and O–H groups in total. The minimum Gasteiger partial charge on any atom is -0.322 e. The molecule has 1 aliphatic heterocycles. The van der Waals surface area contributed by atoms with Gasteiger partial charge in [-0.15, -0.1) is 0 Å². The molecule has 0 bridgehead atoms. The van der Waals surface area contributed by atoms with Gasteiger partial charge in [-0.25, -0.2) is 9.97 Å². The molecule has 164 valence electrons. The Labute approximate surface area is 189 Å². The van der Waals surface area contributed by atoms with E-state index in [0.29, 0.717) is 29.1 Å². The molecule has 0 atom stereocenters. The fraction of sp³-hybridized carbons (Fsp3) is 0.160. The van der Waals surface area contributed by atoms with Crippen LogP contribution in [0, 0.1) is 0 Å². The van der Waals surface area contributed by atoms with Crippen LogP contribution in [0.2, 0.25) is 0 Å². The fourth-order valence-corrected chi connectivity index (χ4v) is 3.85. The molecule has 0 aliphatic carbocycles. The molecule has 3 amide bonds. The van der Waals surface area contributed by atoms with Crippen molar-refractivity contribution in [1.29, 1.82) is 0 Å². The van der Waals surface area contributed by atoms with Crippen LogP contribution in [0.1, 0.15) is 50.8 Å². The van der Waals surface area contributed by atoms with Crippen molar-refractivity contribution in [2.24, 2.45) is 0 Å². The SMILES string of the molecule is CCCCN1C(=O)c2ccc(C(=O)Nc3ccc(-c4cn5cccnc5n4)cc3)cc2C1=O. The van der Waals surface area contributed by atoms with Gasteiger partial charge in [0.2, 0.25) is 5.78 Å². The second kappa shape index (κ2) is 8.31. The van der Waals surface area contributed by atoms with Gasteiger partial charge in [0.1, 0.15) is 0 Å². The van der Waals surface area contributed by atoms with E-state index in [0.717, 1.165) is 24.1 Å². The summed E-state index contributed by atoms with van der Waals surface area (Å²) in [6.07, 6.45) is 7.10. The molecule has 4 aromatic rings. The van der Waals surface area contributed by atoms with Crippen molar-refractivity contribution in [1.82, 2.24) is 19.3 Å². The third kappa shape index (κ3) is 3.76. The van der Waals surface area contributed by atoms with E-state index >= 15 is 0 Å². The first kappa shape index (κ1) is 20.6. The average Bonchev–Trinajstić information content (AvgIpc) is 3.37. The summed E-state index contributed by atoms with van der Waals surface area (Å²) in [7, 11) is 0. The predicted molar refractivity (Wildman–Crippen MR) is 123 cm³/mol. The number of rotatable bonds is 6. The Kier molecular flexibility index (Phi) is 5.18. The van der Waals surface area contributed by atoms with Gasteiger partial charge in [0.05, 0.1) is 16.8 Å². The Balaban J connectivity index is 1.32. The van der Waals surface area contributed by atoms with Crippen LogP contribution in [-0.4, -0.2) is 43.5 Å². The molecule has 3 heterocycles. The quantitative estimate of drug-likeness (QED) is 0.457. The number of imide groups is 1. The Bertz CT molecular complexity index is 1360. The largest absolute Gasteiger partial charge is 0.322 e. The van der Waals surface area contributed by atoms with Crippen LogP contribution in [0.5, 0.6) is 0 Å². The highest BCUT2D eigenvalue weighted by atomic mass is 16.2. The van der Waals surface area contributed by atoms with Crippen LogP contribution in [0.15, 0.2) is 67.1 Å². The molecule has 0 unspecified atom stereocenters. The number of anilines is 1. The standard InChI is InChI=1S/C25H21N5O3/c1-2-3-13-30-23(32)19-10-7-17(14-20(19)24(30)33)22(31)27-18-8-5-16(6-9-18)21-15-29-12-4-11-26-25(29)28-21/h4-12,14-15H,2-3,13H2,1H3,(H,27,31). The maximum absolute atomic E-state index is 12.8. The summed E-state index contributed by atoms with van der Waals surface area (Å²) in [5, 5.41) is 2.84. The first-order valence-corrected chi connectivity index (χ1v) is 10.8. The number of aromatic nitrogens is 3. The van der Waals surface area contributed by atoms with Crippen LogP contribution >= 0.6 is 0 Å². The summed E-state index contributed by atoms with van der Waals surface area (Å²) < 4.78 is 1.84. The number of nitrogens with one attached hydrogen (secondary N) is 1. The number of benzene rings is 2. The minimum atomic E-state index is -0.352. The van der Waals surface area contributed by atoms with E-state index < -0.39 is 0 Å². The van der Waals surface area contributed by atoms with E-state index in [4.69, 9.17) is 0 Å². The molecule has 0 radical (unpaired) electrons. The second-order valence-electron chi connectivity index (χ2n) is 7.86. The normalized spacial score (nSPS) is 12.9. The summed E-state index contributed by atoms with van der Waals surface area (Å²) in [5.74, 6) is -0.380. The topological polar surface area (TPSA) is 96.7 Å². The van der Waals surface area contributed by atoms with Gasteiger partial charge in [0, 0.05) is 41.9 Å². The Morgan fingerprint density at radius 1 is 1.03 bits per heavy atom. The summed E-state index contributed by atoms with van der Waals surface area (Å²) in [4.78, 5) is 47.9. The molecule has 8 heteroatoms. The highest BCUT2D eigenvalue weighted by molar-refractivity contribution is 6.22. The lowest BCUT2D eigenvalue weighted by Gasteiger charge is -2.12. The summed E-state index contributed by atoms with van der Waals surface area (Å²) in [6.45, 7) is 2.39. The predicted octanol–water partition coefficient (Wildman–Crippen LogP) is 4.04. The lowest BCUT2D eigenvalue weighted by atomic mass is 10.1. The number of imidazole rings is 1. The number of fused-ring (bicyclic) bond motifs is 2. The monoisotopic (exact) mass is 439 g/mol. The first-order valence-electron chi connectivity index (χ1n) is 10.8. The molecule has 2 aromatic heterocycles. The summed E-state index contributed by atoms with van der Waals surface area (Å²) in [5.41, 5.74) is 3.23. The zero-order valence-corrected chi connectivity index (χ0v) is 18.0. The van der Waals surface area contributed by atoms with Gasteiger partial charge in [-0.1, -0.05) is 25.5 Å². The van der Waals surface area contributed by atoms with Gasteiger partial charge in [-0.05, 0) is 42.8 Å². The Morgan fingerprint density at radius 3 is 2.58 bits per heavy atom. The summed E-state index contributed by atoms with van der Waals surface area (Å²) in [6, 6.07) is 13.8. The molecule has 5 rings (SSSR count). The lowest BCUT2D eigenvalue weighted by Crippen LogP contribution is -2.30. The highest BCUT2D eigenvalue weighted by Crippen LogP contribution is 2.25. The molecule has 0 spiro atoms. The maximum atomic E-state index is 12.8. The van der Waals surface area contributed by atoms with Crippen molar-refractivity contribution in [3.63, 3.8) is 0 Å². The molecule has 2 aromatic carbocycles. The van der Waals surface area contributed by atoms with Gasteiger partial charge in [-0.2, -0.15) is 0 Å². The smallest absolute Gasteiger partial charge is 0.261 e. The van der Waals surface area contributed by atoms with E-state index in [1.807, 2.05) is 41.9 Å². The van der Waals surface area contributed by atoms with Crippen molar-refractivity contribution in [2.75, 3.05) is 11.9 Å². The van der Waals surface area contributed by atoms with E-state index in [2.05, 4.69) is 15.3 Å². The minimum absolute atomic E-state index is 0.277. The third-order valence-electron chi connectivity index (χ3n) is 5.64. The van der Waals surface area contributed by atoms with Gasteiger partial charge < -0.3 is 5.32 Å². The molecule has 0 fully saturated rings. The van der Waals surface area contributed by atoms with Crippen LogP contribution in [0.4, 0.5) is 5.69 Å². The number of carbonyl (C=O) groups is 3. The number of carbonyl (C=O) groups excluding carboxylic acids is 3. The Hall–Kier alpha value is -4.33. The first-order chi connectivity index (χ1) is 16.0. The van der Waals surface area contributed by atoms with Crippen molar-refractivity contribution in [3.8, 4) is 11.3 Å². The molecular formula is C25H21N5O3. The van der Waals surface area contributed by atoms with E-state index in [-0.39, 0.29) is 23.3 Å². The zero-order valence-electron chi connectivity index (χ0n) is 18.0. The molecule has 1 aliphatic rings. The van der Waals surface area contributed by atoms with Crippen LogP contribution in [0.3, 0.4) is 0 Å². The van der Waals surface area contributed by atoms with Crippen LogP contribution < -0.4 is 5.32 Å². The molecule has 33 heavy (non-hydrogen) atoms. The molecular weight excluding hydrogens is 418 g/mol. The van der Waals surface area contributed by atoms with Gasteiger partial charge in [0.25, 0.3) is 17.7 Å². The average molecular weight is 439 g/mol. The second-order valence-corrected chi connectivity index (χ2v) is 7.86. The van der Waals surface area contributed by atoms with Crippen LogP contribution in [-0.2, 0) is 0 Å². The van der Waals surface area contributed by atoms with Crippen molar-refractivity contribution in [3.05, 3.63) is 83.8 Å². The molecule has 8 nitrogen and oxygen atoms in total. The number of hydrogen-bond donors (Lipinski definition) is 1. The lowest BCUT2D eigenvalue weighted by molar-refractivity contribution is 0.0652. The highest BCUT2D eigenvalue weighted by Gasteiger charge is 2.35. The third-order valence-corrected chi connectivity index (χ3v) is 5.64. The van der Waals surface area contributed by atoms with E-state index in [1.54, 1.807) is 30.5 Å². The van der Waals surface area contributed by atoms with Gasteiger partial charge in [-0.3, -0.25) is 23.7 Å². The summed E-state index contributed by atoms with van der Waals surface area (Å²) >= 11 is 0. The van der Waals surface area contributed by atoms with Gasteiger partial charge >= 0.3 is 0 Å². The van der Waals surface area contributed by atoms with Crippen molar-refractivity contribution in [2.45, 2.75) is 19.8 Å². The fourth-order valence-electron chi connectivity index (χ4n) is 3.85.